The predicted molar refractivity (Wildman–Crippen MR) is 88.1 cm³/mol. The Morgan fingerprint density at radius 1 is 1.17 bits per heavy atom. The highest BCUT2D eigenvalue weighted by Crippen LogP contribution is 2.26. The molecule has 1 saturated heterocycles. The predicted octanol–water partition coefficient (Wildman–Crippen LogP) is 2.12. The second kappa shape index (κ2) is 6.05. The molecule has 2 heterocycles. The third-order valence-corrected chi connectivity index (χ3v) is 4.47. The molecule has 2 aromatic carbocycles. The van der Waals surface area contributed by atoms with E-state index in [1.54, 1.807) is 0 Å². The average Bonchev–Trinajstić information content (AvgIpc) is 3.18. The Morgan fingerprint density at radius 2 is 2.04 bits per heavy atom. The highest BCUT2D eigenvalue weighted by Gasteiger charge is 2.39. The molecule has 4 rings (SSSR count). The van der Waals surface area contributed by atoms with E-state index in [9.17, 15) is 4.79 Å². The van der Waals surface area contributed by atoms with Crippen LogP contribution >= 0.6 is 0 Å². The number of hydrogen-bond donors (Lipinski definition) is 1. The van der Waals surface area contributed by atoms with E-state index in [0.29, 0.717) is 6.54 Å². The van der Waals surface area contributed by atoms with Crippen molar-refractivity contribution in [1.29, 1.82) is 0 Å². The molecule has 1 amide bonds. The first-order chi connectivity index (χ1) is 11.3. The zero-order chi connectivity index (χ0) is 15.6. The number of nitrogens with one attached hydrogen (secondary N) is 1. The number of carbonyl (C=O) groups is 1. The monoisotopic (exact) mass is 308 g/mol. The number of fused-ring (bicyclic) bond motifs is 1. The summed E-state index contributed by atoms with van der Waals surface area (Å²) in [5.41, 5.74) is 3.63. The molecule has 0 radical (unpaired) electrons. The number of carbonyl (C=O) groups excluding carboxylic acids is 1. The minimum atomic E-state index is 0.0213. The van der Waals surface area contributed by atoms with Crippen LogP contribution in [-0.4, -0.2) is 30.0 Å². The largest absolute Gasteiger partial charge is 0.493 e. The molecule has 2 unspecified atom stereocenters. The smallest absolute Gasteiger partial charge is 0.238 e. The van der Waals surface area contributed by atoms with Gasteiger partial charge in [-0.2, -0.15) is 0 Å². The van der Waals surface area contributed by atoms with Crippen molar-refractivity contribution < 1.29 is 9.53 Å². The summed E-state index contributed by atoms with van der Waals surface area (Å²) in [5, 5.41) is 3.05. The highest BCUT2D eigenvalue weighted by molar-refractivity contribution is 5.84. The fourth-order valence-corrected chi connectivity index (χ4v) is 3.07. The first kappa shape index (κ1) is 14.3. The van der Waals surface area contributed by atoms with E-state index in [-0.39, 0.29) is 11.9 Å². The molecule has 1 fully saturated rings. The van der Waals surface area contributed by atoms with Crippen LogP contribution in [0.25, 0.3) is 0 Å². The van der Waals surface area contributed by atoms with Gasteiger partial charge >= 0.3 is 0 Å². The molecule has 2 atom stereocenters. The molecule has 0 saturated carbocycles. The third-order valence-electron chi connectivity index (χ3n) is 4.47. The van der Waals surface area contributed by atoms with Crippen molar-refractivity contribution >= 4 is 5.91 Å². The van der Waals surface area contributed by atoms with Crippen LogP contribution in [0.15, 0.2) is 48.5 Å². The topological polar surface area (TPSA) is 41.3 Å². The van der Waals surface area contributed by atoms with Crippen molar-refractivity contribution in [3.8, 4) is 5.75 Å². The summed E-state index contributed by atoms with van der Waals surface area (Å²) < 4.78 is 5.50. The van der Waals surface area contributed by atoms with Crippen LogP contribution in [0.4, 0.5) is 0 Å². The molecule has 4 nitrogen and oxygen atoms in total. The number of ether oxygens (including phenoxy) is 1. The van der Waals surface area contributed by atoms with E-state index >= 15 is 0 Å². The molecule has 2 aliphatic rings. The van der Waals surface area contributed by atoms with Crippen molar-refractivity contribution in [3.05, 3.63) is 65.2 Å². The summed E-state index contributed by atoms with van der Waals surface area (Å²) in [6, 6.07) is 16.5. The van der Waals surface area contributed by atoms with Gasteiger partial charge < -0.3 is 10.1 Å². The SMILES string of the molecule is O=C(NCc1ccc2c(c1)CCO2)C1CN1Cc1ccccc1. The van der Waals surface area contributed by atoms with E-state index in [4.69, 9.17) is 4.74 Å². The van der Waals surface area contributed by atoms with Gasteiger partial charge in [0.1, 0.15) is 11.8 Å². The van der Waals surface area contributed by atoms with Gasteiger partial charge in [-0.15, -0.1) is 0 Å². The molecule has 0 bridgehead atoms. The van der Waals surface area contributed by atoms with Gasteiger partial charge in [0.25, 0.3) is 0 Å². The number of benzene rings is 2. The van der Waals surface area contributed by atoms with Crippen molar-refractivity contribution in [2.24, 2.45) is 0 Å². The lowest BCUT2D eigenvalue weighted by Gasteiger charge is -2.07. The zero-order valence-electron chi connectivity index (χ0n) is 13.0. The maximum absolute atomic E-state index is 12.2. The highest BCUT2D eigenvalue weighted by atomic mass is 16.5. The lowest BCUT2D eigenvalue weighted by atomic mass is 10.1. The molecule has 4 heteroatoms. The summed E-state index contributed by atoms with van der Waals surface area (Å²) >= 11 is 0. The quantitative estimate of drug-likeness (QED) is 0.860. The zero-order valence-corrected chi connectivity index (χ0v) is 13.0. The van der Waals surface area contributed by atoms with E-state index in [0.717, 1.165) is 37.4 Å². The van der Waals surface area contributed by atoms with Crippen molar-refractivity contribution in [1.82, 2.24) is 10.2 Å². The second-order valence-corrected chi connectivity index (χ2v) is 6.19. The second-order valence-electron chi connectivity index (χ2n) is 6.19. The summed E-state index contributed by atoms with van der Waals surface area (Å²) in [5.74, 6) is 1.11. The number of rotatable bonds is 5. The van der Waals surface area contributed by atoms with Crippen molar-refractivity contribution in [2.45, 2.75) is 25.6 Å². The summed E-state index contributed by atoms with van der Waals surface area (Å²) in [6.45, 7) is 3.04. The van der Waals surface area contributed by atoms with Gasteiger partial charge in [0.15, 0.2) is 0 Å². The van der Waals surface area contributed by atoms with Crippen molar-refractivity contribution in [2.75, 3.05) is 13.2 Å². The number of hydrogen-bond acceptors (Lipinski definition) is 3. The molecular formula is C19H20N2O2. The minimum absolute atomic E-state index is 0.0213. The summed E-state index contributed by atoms with van der Waals surface area (Å²) in [7, 11) is 0. The Kier molecular flexibility index (Phi) is 3.75. The lowest BCUT2D eigenvalue weighted by molar-refractivity contribution is -0.121. The minimum Gasteiger partial charge on any atom is -0.493 e. The van der Waals surface area contributed by atoms with Crippen LogP contribution in [-0.2, 0) is 24.3 Å². The van der Waals surface area contributed by atoms with Gasteiger partial charge in [0.2, 0.25) is 5.91 Å². The van der Waals surface area contributed by atoms with E-state index in [2.05, 4.69) is 28.4 Å². The molecule has 2 aromatic rings. The van der Waals surface area contributed by atoms with E-state index < -0.39 is 0 Å². The first-order valence-electron chi connectivity index (χ1n) is 8.10. The van der Waals surface area contributed by atoms with E-state index in [1.807, 2.05) is 30.3 Å². The summed E-state index contributed by atoms with van der Waals surface area (Å²) in [4.78, 5) is 14.4. The maximum atomic E-state index is 12.2. The van der Waals surface area contributed by atoms with Crippen LogP contribution in [0.3, 0.4) is 0 Å². The molecule has 118 valence electrons. The third kappa shape index (κ3) is 3.22. The molecule has 0 aliphatic carbocycles. The molecule has 23 heavy (non-hydrogen) atoms. The fourth-order valence-electron chi connectivity index (χ4n) is 3.07. The van der Waals surface area contributed by atoms with Gasteiger partial charge in [-0.1, -0.05) is 42.5 Å². The lowest BCUT2D eigenvalue weighted by Crippen LogP contribution is -2.29. The molecule has 0 aromatic heterocycles. The van der Waals surface area contributed by atoms with Crippen LogP contribution in [0, 0.1) is 0 Å². The van der Waals surface area contributed by atoms with Gasteiger partial charge in [-0.05, 0) is 22.8 Å². The van der Waals surface area contributed by atoms with Gasteiger partial charge in [0, 0.05) is 26.1 Å². The normalized spacial score (nSPS) is 21.4. The molecule has 0 spiro atoms. The van der Waals surface area contributed by atoms with Crippen LogP contribution in [0.2, 0.25) is 0 Å². The molecule has 1 N–H and O–H groups in total. The van der Waals surface area contributed by atoms with E-state index in [1.165, 1.54) is 11.1 Å². The Hall–Kier alpha value is -2.33. The first-order valence-corrected chi connectivity index (χ1v) is 8.10. The Labute approximate surface area is 136 Å². The van der Waals surface area contributed by atoms with Gasteiger partial charge in [-0.3, -0.25) is 9.69 Å². The fraction of sp³-hybridized carbons (Fsp3) is 0.316. The van der Waals surface area contributed by atoms with Gasteiger partial charge in [0.05, 0.1) is 6.61 Å². The summed E-state index contributed by atoms with van der Waals surface area (Å²) in [6.07, 6.45) is 0.963. The van der Waals surface area contributed by atoms with Crippen molar-refractivity contribution in [3.63, 3.8) is 0 Å². The maximum Gasteiger partial charge on any atom is 0.238 e. The van der Waals surface area contributed by atoms with Crippen LogP contribution in [0.1, 0.15) is 16.7 Å². The average molecular weight is 308 g/mol. The molecular weight excluding hydrogens is 288 g/mol. The van der Waals surface area contributed by atoms with Gasteiger partial charge in [-0.25, -0.2) is 0 Å². The number of amides is 1. The van der Waals surface area contributed by atoms with Crippen LogP contribution in [0.5, 0.6) is 5.75 Å². The van der Waals surface area contributed by atoms with Crippen LogP contribution < -0.4 is 10.1 Å². The Balaban J connectivity index is 1.28. The Morgan fingerprint density at radius 3 is 2.91 bits per heavy atom. The standard InChI is InChI=1S/C19H20N2O2/c22-19(17-13-21(17)12-14-4-2-1-3-5-14)20-11-15-6-7-18-16(10-15)8-9-23-18/h1-7,10,17H,8-9,11-13H2,(H,20,22). The molecule has 2 aliphatic heterocycles. The Bertz CT molecular complexity index is 715. The number of nitrogens with zero attached hydrogens (tertiary/aromatic N) is 1.